The maximum absolute atomic E-state index is 9.05. The van der Waals surface area contributed by atoms with Crippen LogP contribution in [0.1, 0.15) is 39.5 Å². The summed E-state index contributed by atoms with van der Waals surface area (Å²) in [6.07, 6.45) is 4.44. The fourth-order valence-electron chi connectivity index (χ4n) is 3.26. The Hall–Kier alpha value is 0.230. The highest BCUT2D eigenvalue weighted by atomic mass is 32.2. The average molecular weight is 273 g/mol. The Morgan fingerprint density at radius 1 is 1.50 bits per heavy atom. The van der Waals surface area contributed by atoms with Crippen molar-refractivity contribution in [1.29, 1.82) is 0 Å². The molecule has 2 heterocycles. The summed E-state index contributed by atoms with van der Waals surface area (Å²) in [5.41, 5.74) is 0.167. The second-order valence-corrected chi connectivity index (χ2v) is 6.99. The quantitative estimate of drug-likeness (QED) is 0.832. The molecule has 0 radical (unpaired) electrons. The second kappa shape index (κ2) is 6.60. The van der Waals surface area contributed by atoms with Gasteiger partial charge in [0.05, 0.1) is 5.60 Å². The summed E-state index contributed by atoms with van der Waals surface area (Å²) in [7, 11) is 0. The van der Waals surface area contributed by atoms with Crippen LogP contribution in [-0.4, -0.2) is 59.0 Å². The second-order valence-electron chi connectivity index (χ2n) is 5.89. The van der Waals surface area contributed by atoms with Crippen LogP contribution in [0.2, 0.25) is 0 Å². The first-order chi connectivity index (χ1) is 8.67. The van der Waals surface area contributed by atoms with Crippen LogP contribution in [0.15, 0.2) is 0 Å². The van der Waals surface area contributed by atoms with Crippen molar-refractivity contribution >= 4 is 11.8 Å². The van der Waals surface area contributed by atoms with Gasteiger partial charge in [0.1, 0.15) is 0 Å². The molecule has 0 aliphatic carbocycles. The number of aliphatic hydroxyl groups is 1. The van der Waals surface area contributed by atoms with Crippen LogP contribution in [0.3, 0.4) is 0 Å². The summed E-state index contributed by atoms with van der Waals surface area (Å²) in [5.74, 6) is 2.43. The molecule has 0 aromatic heterocycles. The number of hydrogen-bond donors (Lipinski definition) is 1. The number of rotatable bonds is 5. The Morgan fingerprint density at radius 2 is 2.33 bits per heavy atom. The van der Waals surface area contributed by atoms with Crippen molar-refractivity contribution < 1.29 is 9.84 Å². The van der Waals surface area contributed by atoms with E-state index in [1.54, 1.807) is 0 Å². The van der Waals surface area contributed by atoms with E-state index in [4.69, 9.17) is 9.84 Å². The van der Waals surface area contributed by atoms with E-state index in [1.807, 2.05) is 11.8 Å². The first-order valence-electron chi connectivity index (χ1n) is 7.25. The van der Waals surface area contributed by atoms with Crippen LogP contribution >= 0.6 is 11.8 Å². The molecule has 1 N–H and O–H groups in total. The molecule has 2 unspecified atom stereocenters. The predicted octanol–water partition coefficient (Wildman–Crippen LogP) is 2.13. The van der Waals surface area contributed by atoms with Crippen LogP contribution < -0.4 is 0 Å². The van der Waals surface area contributed by atoms with E-state index >= 15 is 0 Å². The van der Waals surface area contributed by atoms with Crippen LogP contribution in [-0.2, 0) is 4.74 Å². The molecule has 2 rings (SSSR count). The summed E-state index contributed by atoms with van der Waals surface area (Å²) >= 11 is 2.04. The molecular formula is C14H27NO2S. The third kappa shape index (κ3) is 3.41. The van der Waals surface area contributed by atoms with Crippen molar-refractivity contribution in [2.24, 2.45) is 0 Å². The van der Waals surface area contributed by atoms with E-state index < -0.39 is 0 Å². The summed E-state index contributed by atoms with van der Waals surface area (Å²) < 4.78 is 6.09. The van der Waals surface area contributed by atoms with E-state index in [1.165, 1.54) is 24.3 Å². The number of aliphatic hydroxyl groups excluding tert-OH is 1. The summed E-state index contributed by atoms with van der Waals surface area (Å²) in [6.45, 7) is 6.76. The van der Waals surface area contributed by atoms with Gasteiger partial charge in [-0.15, -0.1) is 0 Å². The zero-order valence-electron chi connectivity index (χ0n) is 11.7. The third-order valence-corrected chi connectivity index (χ3v) is 5.46. The summed E-state index contributed by atoms with van der Waals surface area (Å²) in [6, 6.07) is 1.20. The molecule has 106 valence electrons. The van der Waals surface area contributed by atoms with Crippen LogP contribution in [0.4, 0.5) is 0 Å². The largest absolute Gasteiger partial charge is 0.396 e. The Morgan fingerprint density at radius 3 is 2.94 bits per heavy atom. The molecule has 2 fully saturated rings. The standard InChI is InChI=1S/C14H27NO2S/c1-12(2)15(6-3-7-16)13-4-8-17-14(10-13)5-9-18-11-14/h12-13,16H,3-11H2,1-2H3. The number of ether oxygens (including phenoxy) is 1. The van der Waals surface area contributed by atoms with Gasteiger partial charge in [-0.25, -0.2) is 0 Å². The minimum Gasteiger partial charge on any atom is -0.396 e. The highest BCUT2D eigenvalue weighted by Crippen LogP contribution is 2.39. The molecule has 0 saturated carbocycles. The molecule has 2 aliphatic rings. The highest BCUT2D eigenvalue weighted by molar-refractivity contribution is 7.99. The fourth-order valence-corrected chi connectivity index (χ4v) is 4.64. The molecule has 0 aromatic carbocycles. The molecule has 2 aliphatic heterocycles. The van der Waals surface area contributed by atoms with Gasteiger partial charge in [-0.2, -0.15) is 11.8 Å². The van der Waals surface area contributed by atoms with Crippen LogP contribution in [0.5, 0.6) is 0 Å². The van der Waals surface area contributed by atoms with Gasteiger partial charge < -0.3 is 9.84 Å². The Bertz CT molecular complexity index is 254. The van der Waals surface area contributed by atoms with E-state index in [2.05, 4.69) is 18.7 Å². The number of hydrogen-bond acceptors (Lipinski definition) is 4. The summed E-state index contributed by atoms with van der Waals surface area (Å²) in [5, 5.41) is 9.05. The lowest BCUT2D eigenvalue weighted by atomic mass is 9.88. The lowest BCUT2D eigenvalue weighted by molar-refractivity contribution is -0.0939. The van der Waals surface area contributed by atoms with Crippen molar-refractivity contribution in [2.75, 3.05) is 31.3 Å². The monoisotopic (exact) mass is 273 g/mol. The molecule has 2 saturated heterocycles. The topological polar surface area (TPSA) is 32.7 Å². The van der Waals surface area contributed by atoms with Crippen LogP contribution in [0, 0.1) is 0 Å². The molecule has 0 bridgehead atoms. The van der Waals surface area contributed by atoms with E-state index in [9.17, 15) is 0 Å². The van der Waals surface area contributed by atoms with Crippen LogP contribution in [0.25, 0.3) is 0 Å². The molecular weight excluding hydrogens is 246 g/mol. The molecule has 4 heteroatoms. The average Bonchev–Trinajstić information content (AvgIpc) is 2.77. The Labute approximate surface area is 115 Å². The molecule has 0 amide bonds. The predicted molar refractivity (Wildman–Crippen MR) is 77.2 cm³/mol. The van der Waals surface area contributed by atoms with Gasteiger partial charge >= 0.3 is 0 Å². The van der Waals surface area contributed by atoms with Gasteiger partial charge in [0, 0.05) is 37.6 Å². The SMILES string of the molecule is CC(C)N(CCCO)C1CCOC2(CCSC2)C1. The number of nitrogens with zero attached hydrogens (tertiary/aromatic N) is 1. The zero-order valence-corrected chi connectivity index (χ0v) is 12.5. The van der Waals surface area contributed by atoms with Crippen molar-refractivity contribution in [2.45, 2.75) is 57.2 Å². The molecule has 18 heavy (non-hydrogen) atoms. The van der Waals surface area contributed by atoms with E-state index in [0.29, 0.717) is 18.7 Å². The third-order valence-electron chi connectivity index (χ3n) is 4.24. The lowest BCUT2D eigenvalue weighted by Crippen LogP contribution is -2.51. The van der Waals surface area contributed by atoms with Gasteiger partial charge in [0.15, 0.2) is 0 Å². The van der Waals surface area contributed by atoms with Crippen molar-refractivity contribution in [3.63, 3.8) is 0 Å². The maximum Gasteiger partial charge on any atom is 0.0795 e. The van der Waals surface area contributed by atoms with Gasteiger partial charge in [-0.05, 0) is 45.3 Å². The Balaban J connectivity index is 1.96. The fraction of sp³-hybridized carbons (Fsp3) is 1.00. The minimum atomic E-state index is 0.167. The van der Waals surface area contributed by atoms with Crippen molar-refractivity contribution in [3.05, 3.63) is 0 Å². The summed E-state index contributed by atoms with van der Waals surface area (Å²) in [4.78, 5) is 2.57. The minimum absolute atomic E-state index is 0.167. The van der Waals surface area contributed by atoms with Gasteiger partial charge in [-0.1, -0.05) is 0 Å². The van der Waals surface area contributed by atoms with Gasteiger partial charge in [0.2, 0.25) is 0 Å². The Kier molecular flexibility index (Phi) is 5.36. The van der Waals surface area contributed by atoms with Gasteiger partial charge in [0.25, 0.3) is 0 Å². The number of thioether (sulfide) groups is 1. The van der Waals surface area contributed by atoms with E-state index in [0.717, 1.165) is 26.0 Å². The van der Waals surface area contributed by atoms with Crippen molar-refractivity contribution in [3.8, 4) is 0 Å². The lowest BCUT2D eigenvalue weighted by Gasteiger charge is -2.44. The molecule has 1 spiro atoms. The maximum atomic E-state index is 9.05. The molecule has 0 aromatic rings. The van der Waals surface area contributed by atoms with Crippen molar-refractivity contribution in [1.82, 2.24) is 4.90 Å². The smallest absolute Gasteiger partial charge is 0.0795 e. The first-order valence-corrected chi connectivity index (χ1v) is 8.41. The molecule has 2 atom stereocenters. The van der Waals surface area contributed by atoms with Gasteiger partial charge in [-0.3, -0.25) is 4.90 Å². The first kappa shape index (κ1) is 14.6. The zero-order chi connectivity index (χ0) is 13.0. The molecule has 3 nitrogen and oxygen atoms in total. The van der Waals surface area contributed by atoms with E-state index in [-0.39, 0.29) is 5.60 Å². The normalized spacial score (nSPS) is 32.8. The highest BCUT2D eigenvalue weighted by Gasteiger charge is 2.42.